The molecule has 7 nitrogen and oxygen atoms in total. The van der Waals surface area contributed by atoms with Crippen molar-refractivity contribution in [1.29, 1.82) is 5.26 Å². The molecule has 0 bridgehead atoms. The van der Waals surface area contributed by atoms with Crippen molar-refractivity contribution in [1.82, 2.24) is 0 Å². The minimum Gasteiger partial charge on any atom is -0.550 e. The fourth-order valence-electron chi connectivity index (χ4n) is 2.24. The first-order valence-electron chi connectivity index (χ1n) is 6.87. The molecule has 0 spiro atoms. The van der Waals surface area contributed by atoms with Crippen molar-refractivity contribution >= 4 is 21.8 Å². The van der Waals surface area contributed by atoms with E-state index in [0.717, 1.165) is 0 Å². The molecule has 23 heavy (non-hydrogen) atoms. The van der Waals surface area contributed by atoms with Crippen molar-refractivity contribution in [2.45, 2.75) is 35.8 Å². The van der Waals surface area contributed by atoms with Crippen LogP contribution in [0.2, 0.25) is 0 Å². The lowest BCUT2D eigenvalue weighted by molar-refractivity contribution is -0.306. The Bertz CT molecular complexity index is 674. The largest absolute Gasteiger partial charge is 0.550 e. The molecule has 1 atom stereocenters. The van der Waals surface area contributed by atoms with E-state index < -0.39 is 45.8 Å². The summed E-state index contributed by atoms with van der Waals surface area (Å²) in [7, 11) is -4.03. The SMILES string of the molecule is N#C[C@@H](C(CCC(=O)[O-])CCC(=O)[O-])S(=O)(=O)c1ccccc1. The number of nitrogens with zero attached hydrogens (tertiary/aromatic N) is 1. The van der Waals surface area contributed by atoms with E-state index in [0.29, 0.717) is 0 Å². The fourth-order valence-corrected chi connectivity index (χ4v) is 3.99. The molecule has 0 unspecified atom stereocenters. The second-order valence-electron chi connectivity index (χ2n) is 4.99. The molecule has 1 aromatic rings. The molecule has 0 fully saturated rings. The molecule has 0 saturated carbocycles. The summed E-state index contributed by atoms with van der Waals surface area (Å²) in [4.78, 5) is 21.1. The predicted molar refractivity (Wildman–Crippen MR) is 75.0 cm³/mol. The van der Waals surface area contributed by atoms with Gasteiger partial charge < -0.3 is 19.8 Å². The van der Waals surface area contributed by atoms with Crippen LogP contribution in [-0.4, -0.2) is 25.6 Å². The molecule has 0 heterocycles. The normalized spacial score (nSPS) is 12.5. The summed E-state index contributed by atoms with van der Waals surface area (Å²) in [6.45, 7) is 0. The summed E-state index contributed by atoms with van der Waals surface area (Å²) in [6, 6.07) is 8.94. The van der Waals surface area contributed by atoms with E-state index in [1.807, 2.05) is 0 Å². The Kier molecular flexibility index (Phi) is 6.72. The van der Waals surface area contributed by atoms with E-state index in [4.69, 9.17) is 0 Å². The first-order valence-corrected chi connectivity index (χ1v) is 8.42. The van der Waals surface area contributed by atoms with Crippen LogP contribution in [0.15, 0.2) is 35.2 Å². The van der Waals surface area contributed by atoms with Gasteiger partial charge >= 0.3 is 0 Å². The fraction of sp³-hybridized carbons (Fsp3) is 0.400. The number of benzene rings is 1. The van der Waals surface area contributed by atoms with Gasteiger partial charge in [-0.1, -0.05) is 18.2 Å². The quantitative estimate of drug-likeness (QED) is 0.565. The van der Waals surface area contributed by atoms with Gasteiger partial charge in [-0.15, -0.1) is 0 Å². The number of carbonyl (C=O) groups excluding carboxylic acids is 2. The Morgan fingerprint density at radius 1 is 1.04 bits per heavy atom. The van der Waals surface area contributed by atoms with Crippen LogP contribution in [0, 0.1) is 17.2 Å². The van der Waals surface area contributed by atoms with Crippen LogP contribution in [0.25, 0.3) is 0 Å². The van der Waals surface area contributed by atoms with Gasteiger partial charge in [0.2, 0.25) is 0 Å². The molecule has 0 aliphatic rings. The average molecular weight is 337 g/mol. The molecule has 8 heteroatoms. The van der Waals surface area contributed by atoms with Gasteiger partial charge in [0.15, 0.2) is 15.1 Å². The first kappa shape index (κ1) is 18.6. The van der Waals surface area contributed by atoms with E-state index in [1.54, 1.807) is 12.1 Å². The lowest BCUT2D eigenvalue weighted by atomic mass is 9.94. The molecule has 1 aromatic carbocycles. The first-order chi connectivity index (χ1) is 10.8. The van der Waals surface area contributed by atoms with E-state index in [2.05, 4.69) is 0 Å². The zero-order valence-corrected chi connectivity index (χ0v) is 13.0. The van der Waals surface area contributed by atoms with Crippen molar-refractivity contribution in [3.8, 4) is 6.07 Å². The highest BCUT2D eigenvalue weighted by atomic mass is 32.2. The van der Waals surface area contributed by atoms with Crippen molar-refractivity contribution in [2.75, 3.05) is 0 Å². The standard InChI is InChI=1S/C15H17NO6S/c16-10-13(23(21,22)12-4-2-1-3-5-12)11(6-8-14(17)18)7-9-15(19)20/h1-5,11,13H,6-9H2,(H,17,18)(H,19,20)/p-2/t13-/m0/s1. The summed E-state index contributed by atoms with van der Waals surface area (Å²) in [5.41, 5.74) is 0. The zero-order valence-electron chi connectivity index (χ0n) is 12.2. The maximum Gasteiger partial charge on any atom is 0.194 e. The van der Waals surface area contributed by atoms with Crippen LogP contribution in [0.4, 0.5) is 0 Å². The molecule has 1 rings (SSSR count). The Morgan fingerprint density at radius 3 is 1.91 bits per heavy atom. The van der Waals surface area contributed by atoms with Crippen LogP contribution >= 0.6 is 0 Å². The Morgan fingerprint density at radius 2 is 1.52 bits per heavy atom. The van der Waals surface area contributed by atoms with Gasteiger partial charge in [-0.25, -0.2) is 8.42 Å². The van der Waals surface area contributed by atoms with Gasteiger partial charge in [-0.05, 0) is 43.7 Å². The highest BCUT2D eigenvalue weighted by molar-refractivity contribution is 7.92. The van der Waals surface area contributed by atoms with Gasteiger partial charge in [0.05, 0.1) is 11.0 Å². The molecule has 0 amide bonds. The molecule has 0 aliphatic carbocycles. The number of aliphatic carboxylic acids is 2. The number of hydrogen-bond donors (Lipinski definition) is 0. The lowest BCUT2D eigenvalue weighted by Crippen LogP contribution is -2.32. The van der Waals surface area contributed by atoms with Crippen LogP contribution in [0.5, 0.6) is 0 Å². The van der Waals surface area contributed by atoms with Gasteiger partial charge in [0.1, 0.15) is 0 Å². The third-order valence-corrected chi connectivity index (χ3v) is 5.49. The highest BCUT2D eigenvalue weighted by Crippen LogP contribution is 2.27. The van der Waals surface area contributed by atoms with Gasteiger partial charge in [-0.2, -0.15) is 5.26 Å². The van der Waals surface area contributed by atoms with Gasteiger partial charge in [0.25, 0.3) is 0 Å². The number of hydrogen-bond acceptors (Lipinski definition) is 7. The Labute approximate surface area is 134 Å². The molecule has 0 aromatic heterocycles. The molecule has 0 radical (unpaired) electrons. The minimum absolute atomic E-state index is 0.0709. The van der Waals surface area contributed by atoms with Crippen LogP contribution < -0.4 is 10.2 Å². The predicted octanol–water partition coefficient (Wildman–Crippen LogP) is -0.971. The number of carboxylic acid groups (broad SMARTS) is 2. The van der Waals surface area contributed by atoms with Crippen molar-refractivity contribution in [3.63, 3.8) is 0 Å². The van der Waals surface area contributed by atoms with Crippen LogP contribution in [0.3, 0.4) is 0 Å². The molecule has 0 N–H and O–H groups in total. The maximum absolute atomic E-state index is 12.5. The summed E-state index contributed by atoms with van der Waals surface area (Å²) in [6.07, 6.45) is -1.25. The highest BCUT2D eigenvalue weighted by Gasteiger charge is 2.34. The number of sulfone groups is 1. The van der Waals surface area contributed by atoms with E-state index >= 15 is 0 Å². The summed E-state index contributed by atoms with van der Waals surface area (Å²) in [5, 5.41) is 28.9. The van der Waals surface area contributed by atoms with E-state index in [1.165, 1.54) is 24.3 Å². The van der Waals surface area contributed by atoms with E-state index in [9.17, 15) is 33.5 Å². The summed E-state index contributed by atoms with van der Waals surface area (Å²) < 4.78 is 25.1. The van der Waals surface area contributed by atoms with Crippen molar-refractivity contribution in [3.05, 3.63) is 30.3 Å². The Hall–Kier alpha value is -2.40. The maximum atomic E-state index is 12.5. The van der Waals surface area contributed by atoms with Gasteiger partial charge in [-0.3, -0.25) is 0 Å². The number of carbonyl (C=O) groups is 2. The average Bonchev–Trinajstić information content (AvgIpc) is 2.50. The van der Waals surface area contributed by atoms with E-state index in [-0.39, 0.29) is 17.7 Å². The molecule has 0 saturated heterocycles. The lowest BCUT2D eigenvalue weighted by Gasteiger charge is -2.22. The molecular weight excluding hydrogens is 322 g/mol. The topological polar surface area (TPSA) is 138 Å². The van der Waals surface area contributed by atoms with Gasteiger partial charge in [0, 0.05) is 11.9 Å². The number of rotatable bonds is 9. The Balaban J connectivity index is 3.10. The molecule has 124 valence electrons. The smallest absolute Gasteiger partial charge is 0.194 e. The van der Waals surface area contributed by atoms with Crippen LogP contribution in [0.1, 0.15) is 25.7 Å². The van der Waals surface area contributed by atoms with Crippen molar-refractivity contribution in [2.24, 2.45) is 5.92 Å². The summed E-state index contributed by atoms with van der Waals surface area (Å²) >= 11 is 0. The molecule has 0 aliphatic heterocycles. The third kappa shape index (κ3) is 5.38. The number of carboxylic acids is 2. The van der Waals surface area contributed by atoms with Crippen molar-refractivity contribution < 1.29 is 28.2 Å². The second kappa shape index (κ2) is 8.29. The number of nitriles is 1. The minimum atomic E-state index is -4.03. The zero-order chi connectivity index (χ0) is 17.5. The second-order valence-corrected chi connectivity index (χ2v) is 7.06. The molecular formula is C15H15NO6S-2. The van der Waals surface area contributed by atoms with Crippen LogP contribution in [-0.2, 0) is 19.4 Å². The monoisotopic (exact) mass is 337 g/mol. The summed E-state index contributed by atoms with van der Waals surface area (Å²) in [5.74, 6) is -3.73. The third-order valence-electron chi connectivity index (χ3n) is 3.40.